The lowest BCUT2D eigenvalue weighted by molar-refractivity contribution is 0.141. The van der Waals surface area contributed by atoms with Gasteiger partial charge in [-0.15, -0.1) is 0 Å². The van der Waals surface area contributed by atoms with Crippen molar-refractivity contribution in [3.05, 3.63) is 100 Å². The van der Waals surface area contributed by atoms with Crippen molar-refractivity contribution in [3.8, 4) is 22.8 Å². The fraction of sp³-hybridized carbons (Fsp3) is 0.200. The van der Waals surface area contributed by atoms with Crippen molar-refractivity contribution in [1.82, 2.24) is 19.7 Å². The van der Waals surface area contributed by atoms with E-state index in [0.29, 0.717) is 30.5 Å². The van der Waals surface area contributed by atoms with Crippen molar-refractivity contribution >= 4 is 0 Å². The van der Waals surface area contributed by atoms with Crippen LogP contribution in [0.15, 0.2) is 71.9 Å². The number of hydrogen-bond acceptors (Lipinski definition) is 6. The van der Waals surface area contributed by atoms with Gasteiger partial charge in [0, 0.05) is 36.7 Å². The van der Waals surface area contributed by atoms with E-state index in [1.807, 2.05) is 24.3 Å². The third-order valence-corrected chi connectivity index (χ3v) is 5.42. The van der Waals surface area contributed by atoms with E-state index in [1.165, 1.54) is 23.0 Å². The maximum atomic E-state index is 13.6. The molecule has 0 bridgehead atoms. The van der Waals surface area contributed by atoms with Crippen molar-refractivity contribution in [1.29, 1.82) is 0 Å². The summed E-state index contributed by atoms with van der Waals surface area (Å²) in [7, 11) is 0. The first-order valence-electron chi connectivity index (χ1n) is 10.8. The first-order valence-corrected chi connectivity index (χ1v) is 10.8. The smallest absolute Gasteiger partial charge is 0.203 e. The lowest BCUT2D eigenvalue weighted by Gasteiger charge is -2.11. The van der Waals surface area contributed by atoms with Crippen LogP contribution in [0.5, 0.6) is 5.75 Å². The predicted octanol–water partition coefficient (Wildman–Crippen LogP) is 3.73. The van der Waals surface area contributed by atoms with Gasteiger partial charge in [0.15, 0.2) is 23.2 Å². The van der Waals surface area contributed by atoms with Crippen molar-refractivity contribution in [2.45, 2.75) is 18.9 Å². The molecular formula is C25H20F2N4O3. The van der Waals surface area contributed by atoms with Crippen LogP contribution < -0.4 is 10.2 Å². The van der Waals surface area contributed by atoms with E-state index in [9.17, 15) is 13.6 Å². The Bertz CT molecular complexity index is 1370. The fourth-order valence-electron chi connectivity index (χ4n) is 3.68. The average Bonchev–Trinajstić information content (AvgIpc) is 3.36. The molecule has 0 radical (unpaired) electrons. The van der Waals surface area contributed by atoms with Crippen LogP contribution in [0.25, 0.3) is 17.1 Å². The molecule has 1 unspecified atom stereocenters. The molecule has 0 N–H and O–H groups in total. The monoisotopic (exact) mass is 462 g/mol. The molecule has 1 aliphatic heterocycles. The molecule has 0 amide bonds. The summed E-state index contributed by atoms with van der Waals surface area (Å²) >= 11 is 0. The van der Waals surface area contributed by atoms with Gasteiger partial charge in [-0.25, -0.2) is 23.4 Å². The fourth-order valence-corrected chi connectivity index (χ4v) is 3.68. The minimum atomic E-state index is -0.986. The Balaban J connectivity index is 1.35. The summed E-state index contributed by atoms with van der Waals surface area (Å²) in [4.78, 5) is 21.2. The number of aromatic nitrogens is 4. The molecule has 9 heteroatoms. The van der Waals surface area contributed by atoms with Gasteiger partial charge in [-0.2, -0.15) is 5.10 Å². The summed E-state index contributed by atoms with van der Waals surface area (Å²) in [5, 5.41) is 4.33. The number of nitrogens with zero attached hydrogens (tertiary/aromatic N) is 4. The zero-order valence-electron chi connectivity index (χ0n) is 18.0. The summed E-state index contributed by atoms with van der Waals surface area (Å²) in [6, 6.07) is 12.3. The van der Waals surface area contributed by atoms with Crippen LogP contribution in [-0.4, -0.2) is 39.1 Å². The van der Waals surface area contributed by atoms with E-state index in [-0.39, 0.29) is 23.6 Å². The molecule has 4 aromatic rings. The standard InChI is InChI=1S/C25H20F2N4O3/c26-21-5-4-18(12-22(21)27)31-8-6-24(32)23(30-31)11-16-2-1-3-17(10-16)25-28-13-20(14-29-25)34-19-7-9-33-15-19/h1-6,8,10,12-14,19H,7,9,11,15H2. The van der Waals surface area contributed by atoms with Gasteiger partial charge in [-0.05, 0) is 23.8 Å². The number of hydrogen-bond donors (Lipinski definition) is 0. The molecule has 0 spiro atoms. The van der Waals surface area contributed by atoms with E-state index in [4.69, 9.17) is 9.47 Å². The van der Waals surface area contributed by atoms with Gasteiger partial charge in [-0.3, -0.25) is 4.79 Å². The summed E-state index contributed by atoms with van der Waals surface area (Å²) in [5.41, 5.74) is 1.95. The summed E-state index contributed by atoms with van der Waals surface area (Å²) < 4.78 is 39.3. The minimum Gasteiger partial charge on any atom is -0.485 e. The molecule has 0 saturated carbocycles. The highest BCUT2D eigenvalue weighted by atomic mass is 19.2. The number of rotatable bonds is 6. The molecule has 1 atom stereocenters. The molecule has 3 heterocycles. The largest absolute Gasteiger partial charge is 0.485 e. The Hall–Kier alpha value is -3.98. The van der Waals surface area contributed by atoms with Gasteiger partial charge >= 0.3 is 0 Å². The average molecular weight is 462 g/mol. The third-order valence-electron chi connectivity index (χ3n) is 5.42. The van der Waals surface area contributed by atoms with Crippen LogP contribution in [0.4, 0.5) is 8.78 Å². The second-order valence-corrected chi connectivity index (χ2v) is 7.89. The second kappa shape index (κ2) is 9.48. The summed E-state index contributed by atoms with van der Waals surface area (Å²) in [5.74, 6) is -0.824. The van der Waals surface area contributed by atoms with Crippen LogP contribution in [0, 0.1) is 11.6 Å². The molecule has 7 nitrogen and oxygen atoms in total. The summed E-state index contributed by atoms with van der Waals surface area (Å²) in [6.45, 7) is 1.26. The molecule has 2 aromatic carbocycles. The van der Waals surface area contributed by atoms with Gasteiger partial charge in [0.1, 0.15) is 11.8 Å². The van der Waals surface area contributed by atoms with Crippen LogP contribution in [0.1, 0.15) is 17.7 Å². The van der Waals surface area contributed by atoms with E-state index in [1.54, 1.807) is 12.4 Å². The topological polar surface area (TPSA) is 79.1 Å². The van der Waals surface area contributed by atoms with Crippen molar-refractivity contribution in [2.75, 3.05) is 13.2 Å². The molecular weight excluding hydrogens is 442 g/mol. The Morgan fingerprint density at radius 3 is 2.68 bits per heavy atom. The third kappa shape index (κ3) is 4.84. The first kappa shape index (κ1) is 21.8. The molecule has 172 valence electrons. The Labute approximate surface area is 193 Å². The second-order valence-electron chi connectivity index (χ2n) is 7.89. The van der Waals surface area contributed by atoms with Crippen molar-refractivity contribution in [2.24, 2.45) is 0 Å². The maximum Gasteiger partial charge on any atom is 0.203 e. The molecule has 1 aliphatic rings. The van der Waals surface area contributed by atoms with Gasteiger partial charge in [0.25, 0.3) is 0 Å². The Kier molecular flexibility index (Phi) is 6.09. The van der Waals surface area contributed by atoms with E-state index in [0.717, 1.165) is 29.7 Å². The Morgan fingerprint density at radius 1 is 1.06 bits per heavy atom. The molecule has 34 heavy (non-hydrogen) atoms. The van der Waals surface area contributed by atoms with Crippen molar-refractivity contribution < 1.29 is 18.3 Å². The lowest BCUT2D eigenvalue weighted by atomic mass is 10.1. The molecule has 0 aliphatic carbocycles. The van der Waals surface area contributed by atoms with E-state index < -0.39 is 11.6 Å². The quantitative estimate of drug-likeness (QED) is 0.435. The van der Waals surface area contributed by atoms with Crippen LogP contribution in [0.2, 0.25) is 0 Å². The van der Waals surface area contributed by atoms with Gasteiger partial charge in [-0.1, -0.05) is 18.2 Å². The Morgan fingerprint density at radius 2 is 1.91 bits per heavy atom. The van der Waals surface area contributed by atoms with Gasteiger partial charge in [0.2, 0.25) is 5.43 Å². The normalized spacial score (nSPS) is 15.4. The van der Waals surface area contributed by atoms with Crippen LogP contribution >= 0.6 is 0 Å². The first-order chi connectivity index (χ1) is 16.5. The zero-order chi connectivity index (χ0) is 23.5. The van der Waals surface area contributed by atoms with Crippen molar-refractivity contribution in [3.63, 3.8) is 0 Å². The zero-order valence-corrected chi connectivity index (χ0v) is 18.0. The number of benzene rings is 2. The maximum absolute atomic E-state index is 13.6. The molecule has 2 aromatic heterocycles. The number of ether oxygens (including phenoxy) is 2. The summed E-state index contributed by atoms with van der Waals surface area (Å²) in [6.07, 6.45) is 5.80. The van der Waals surface area contributed by atoms with E-state index in [2.05, 4.69) is 15.1 Å². The molecule has 5 rings (SSSR count). The highest BCUT2D eigenvalue weighted by molar-refractivity contribution is 5.56. The SMILES string of the molecule is O=c1ccn(-c2ccc(F)c(F)c2)nc1Cc1cccc(-c2ncc(OC3CCOC3)cn2)c1. The van der Waals surface area contributed by atoms with Crippen LogP contribution in [-0.2, 0) is 11.2 Å². The highest BCUT2D eigenvalue weighted by Gasteiger charge is 2.17. The lowest BCUT2D eigenvalue weighted by Crippen LogP contribution is -2.16. The number of halogens is 2. The molecule has 1 fully saturated rings. The van der Waals surface area contributed by atoms with Gasteiger partial charge in [0.05, 0.1) is 31.3 Å². The van der Waals surface area contributed by atoms with E-state index >= 15 is 0 Å². The predicted molar refractivity (Wildman–Crippen MR) is 120 cm³/mol. The van der Waals surface area contributed by atoms with Gasteiger partial charge < -0.3 is 9.47 Å². The molecule has 1 saturated heterocycles. The minimum absolute atomic E-state index is 0.0200. The highest BCUT2D eigenvalue weighted by Crippen LogP contribution is 2.21. The van der Waals surface area contributed by atoms with Crippen LogP contribution in [0.3, 0.4) is 0 Å².